The maximum atomic E-state index is 13.2. The number of rotatable bonds is 7. The van der Waals surface area contributed by atoms with Crippen molar-refractivity contribution in [1.29, 1.82) is 0 Å². The number of carbonyl (C=O) groups is 2. The van der Waals surface area contributed by atoms with Gasteiger partial charge in [-0.15, -0.1) is 0 Å². The monoisotopic (exact) mass is 420 g/mol. The van der Waals surface area contributed by atoms with Crippen LogP contribution in [-0.2, 0) is 22.6 Å². The molecular formula is C22H26Cl2N2O2. The molecule has 6 heteroatoms. The summed E-state index contributed by atoms with van der Waals surface area (Å²) in [4.78, 5) is 27.3. The van der Waals surface area contributed by atoms with E-state index in [1.54, 1.807) is 30.0 Å². The standard InChI is InChI=1S/C22H26Cl2N2O2/c1-14(2)25-22(28)16(4)26(13-17-8-5-7-15(3)11-17)21(27)12-18-19(23)9-6-10-20(18)24/h5-11,14,16H,12-13H2,1-4H3,(H,25,28)/t16-/m1/s1. The lowest BCUT2D eigenvalue weighted by Crippen LogP contribution is -2.49. The van der Waals surface area contributed by atoms with Crippen molar-refractivity contribution in [3.8, 4) is 0 Å². The Labute approximate surface area is 176 Å². The topological polar surface area (TPSA) is 49.4 Å². The van der Waals surface area contributed by atoms with Crippen LogP contribution in [0.3, 0.4) is 0 Å². The summed E-state index contributed by atoms with van der Waals surface area (Å²) in [5, 5.41) is 3.76. The van der Waals surface area contributed by atoms with Crippen LogP contribution in [0.1, 0.15) is 37.5 Å². The van der Waals surface area contributed by atoms with E-state index >= 15 is 0 Å². The Balaban J connectivity index is 2.30. The first-order chi connectivity index (χ1) is 13.2. The second-order valence-corrected chi connectivity index (χ2v) is 8.04. The van der Waals surface area contributed by atoms with E-state index in [2.05, 4.69) is 5.32 Å². The van der Waals surface area contributed by atoms with E-state index < -0.39 is 6.04 Å². The lowest BCUT2D eigenvalue weighted by atomic mass is 10.1. The van der Waals surface area contributed by atoms with Crippen molar-refractivity contribution < 1.29 is 9.59 Å². The summed E-state index contributed by atoms with van der Waals surface area (Å²) in [6.45, 7) is 7.84. The first-order valence-corrected chi connectivity index (χ1v) is 10.0. The van der Waals surface area contributed by atoms with E-state index in [1.165, 1.54) is 0 Å². The molecular weight excluding hydrogens is 395 g/mol. The van der Waals surface area contributed by atoms with Gasteiger partial charge >= 0.3 is 0 Å². The zero-order valence-electron chi connectivity index (χ0n) is 16.6. The molecule has 0 radical (unpaired) electrons. The summed E-state index contributed by atoms with van der Waals surface area (Å²) in [7, 11) is 0. The minimum atomic E-state index is -0.628. The summed E-state index contributed by atoms with van der Waals surface area (Å²) in [6, 6.07) is 12.4. The third kappa shape index (κ3) is 5.98. The molecule has 2 rings (SSSR count). The highest BCUT2D eigenvalue weighted by atomic mass is 35.5. The van der Waals surface area contributed by atoms with Gasteiger partial charge in [0, 0.05) is 22.6 Å². The predicted molar refractivity (Wildman–Crippen MR) is 115 cm³/mol. The van der Waals surface area contributed by atoms with Crippen LogP contribution in [-0.4, -0.2) is 28.8 Å². The number of nitrogens with zero attached hydrogens (tertiary/aromatic N) is 1. The minimum Gasteiger partial charge on any atom is -0.352 e. The molecule has 0 heterocycles. The van der Waals surface area contributed by atoms with Crippen LogP contribution in [0.5, 0.6) is 0 Å². The molecule has 0 aliphatic carbocycles. The predicted octanol–water partition coefficient (Wildman–Crippen LogP) is 4.79. The van der Waals surface area contributed by atoms with Crippen molar-refractivity contribution in [2.24, 2.45) is 0 Å². The highest BCUT2D eigenvalue weighted by molar-refractivity contribution is 6.36. The average molecular weight is 421 g/mol. The minimum absolute atomic E-state index is 0.0103. The normalized spacial score (nSPS) is 12.0. The quantitative estimate of drug-likeness (QED) is 0.699. The van der Waals surface area contributed by atoms with Gasteiger partial charge in [-0.3, -0.25) is 9.59 Å². The Morgan fingerprint density at radius 2 is 1.64 bits per heavy atom. The fourth-order valence-electron chi connectivity index (χ4n) is 2.95. The lowest BCUT2D eigenvalue weighted by molar-refractivity contribution is -0.140. The first-order valence-electron chi connectivity index (χ1n) is 9.27. The van der Waals surface area contributed by atoms with Crippen molar-refractivity contribution in [3.63, 3.8) is 0 Å². The summed E-state index contributed by atoms with van der Waals surface area (Å²) < 4.78 is 0. The second-order valence-electron chi connectivity index (χ2n) is 7.23. The van der Waals surface area contributed by atoms with Crippen LogP contribution in [0.4, 0.5) is 0 Å². The van der Waals surface area contributed by atoms with Gasteiger partial charge in [0.2, 0.25) is 11.8 Å². The average Bonchev–Trinajstić information content (AvgIpc) is 2.61. The van der Waals surface area contributed by atoms with Crippen molar-refractivity contribution in [2.75, 3.05) is 0 Å². The molecule has 0 aliphatic rings. The van der Waals surface area contributed by atoms with Crippen LogP contribution in [0, 0.1) is 6.92 Å². The lowest BCUT2D eigenvalue weighted by Gasteiger charge is -2.30. The molecule has 0 saturated heterocycles. The summed E-state index contributed by atoms with van der Waals surface area (Å²) in [5.74, 6) is -0.399. The number of aryl methyl sites for hydroxylation is 1. The Kier molecular flexibility index (Phi) is 7.90. The van der Waals surface area contributed by atoms with Crippen LogP contribution in [0.25, 0.3) is 0 Å². The number of carbonyl (C=O) groups excluding carboxylic acids is 2. The van der Waals surface area contributed by atoms with E-state index in [-0.39, 0.29) is 24.3 Å². The van der Waals surface area contributed by atoms with Gasteiger partial charge < -0.3 is 10.2 Å². The largest absolute Gasteiger partial charge is 0.352 e. The molecule has 0 fully saturated rings. The van der Waals surface area contributed by atoms with Gasteiger partial charge in [0.1, 0.15) is 6.04 Å². The van der Waals surface area contributed by atoms with Gasteiger partial charge in [-0.2, -0.15) is 0 Å². The number of hydrogen-bond acceptors (Lipinski definition) is 2. The Morgan fingerprint density at radius 3 is 2.21 bits per heavy atom. The van der Waals surface area contributed by atoms with Crippen LogP contribution < -0.4 is 5.32 Å². The maximum absolute atomic E-state index is 13.2. The van der Waals surface area contributed by atoms with Gasteiger partial charge in [0.25, 0.3) is 0 Å². The molecule has 1 N–H and O–H groups in total. The summed E-state index contributed by atoms with van der Waals surface area (Å²) >= 11 is 12.5. The van der Waals surface area contributed by atoms with Crippen molar-refractivity contribution in [2.45, 2.75) is 52.7 Å². The number of hydrogen-bond donors (Lipinski definition) is 1. The van der Waals surface area contributed by atoms with Crippen molar-refractivity contribution >= 4 is 35.0 Å². The van der Waals surface area contributed by atoms with E-state index in [4.69, 9.17) is 23.2 Å². The number of nitrogens with one attached hydrogen (secondary N) is 1. The zero-order chi connectivity index (χ0) is 20.8. The fraction of sp³-hybridized carbons (Fsp3) is 0.364. The molecule has 0 saturated carbocycles. The first kappa shape index (κ1) is 22.3. The number of amides is 2. The van der Waals surface area contributed by atoms with Crippen LogP contribution in [0.2, 0.25) is 10.0 Å². The van der Waals surface area contributed by atoms with E-state index in [9.17, 15) is 9.59 Å². The molecule has 150 valence electrons. The molecule has 0 spiro atoms. The highest BCUT2D eigenvalue weighted by Gasteiger charge is 2.27. The van der Waals surface area contributed by atoms with Crippen molar-refractivity contribution in [1.82, 2.24) is 10.2 Å². The van der Waals surface area contributed by atoms with Crippen LogP contribution in [0.15, 0.2) is 42.5 Å². The maximum Gasteiger partial charge on any atom is 0.242 e. The molecule has 0 aliphatic heterocycles. The highest BCUT2D eigenvalue weighted by Crippen LogP contribution is 2.26. The Bertz CT molecular complexity index is 832. The SMILES string of the molecule is Cc1cccc(CN(C(=O)Cc2c(Cl)cccc2Cl)[C@H](C)C(=O)NC(C)C)c1. The molecule has 1 atom stereocenters. The van der Waals surface area contributed by atoms with E-state index in [0.29, 0.717) is 22.2 Å². The van der Waals surface area contributed by atoms with Gasteiger partial charge in [-0.05, 0) is 51.0 Å². The van der Waals surface area contributed by atoms with Crippen LogP contribution >= 0.6 is 23.2 Å². The molecule has 0 aromatic heterocycles. The van der Waals surface area contributed by atoms with Crippen molar-refractivity contribution in [3.05, 3.63) is 69.2 Å². The molecule has 2 aromatic carbocycles. The third-order valence-corrected chi connectivity index (χ3v) is 5.13. The molecule has 0 unspecified atom stereocenters. The van der Waals surface area contributed by atoms with Gasteiger partial charge in [0.15, 0.2) is 0 Å². The van der Waals surface area contributed by atoms with Gasteiger partial charge in [-0.25, -0.2) is 0 Å². The van der Waals surface area contributed by atoms with Gasteiger partial charge in [-0.1, -0.05) is 59.1 Å². The molecule has 2 aromatic rings. The molecule has 28 heavy (non-hydrogen) atoms. The van der Waals surface area contributed by atoms with E-state index in [1.807, 2.05) is 45.0 Å². The molecule has 2 amide bonds. The zero-order valence-corrected chi connectivity index (χ0v) is 18.1. The number of halogens is 2. The molecule has 0 bridgehead atoms. The number of benzene rings is 2. The van der Waals surface area contributed by atoms with Gasteiger partial charge in [0.05, 0.1) is 6.42 Å². The summed E-state index contributed by atoms with van der Waals surface area (Å²) in [5.41, 5.74) is 2.63. The second kappa shape index (κ2) is 9.94. The summed E-state index contributed by atoms with van der Waals surface area (Å²) in [6.07, 6.45) is 0.0314. The third-order valence-electron chi connectivity index (χ3n) is 4.42. The smallest absolute Gasteiger partial charge is 0.242 e. The Hall–Kier alpha value is -2.04. The fourth-order valence-corrected chi connectivity index (χ4v) is 3.48. The Morgan fingerprint density at radius 1 is 1.04 bits per heavy atom. The molecule has 4 nitrogen and oxygen atoms in total. The van der Waals surface area contributed by atoms with E-state index in [0.717, 1.165) is 11.1 Å².